The van der Waals surface area contributed by atoms with Crippen LogP contribution >= 0.6 is 0 Å². The molecular weight excluding hydrogens is 162 g/mol. The van der Waals surface area contributed by atoms with Crippen LogP contribution in [-0.2, 0) is 7.05 Å². The molecule has 1 aromatic rings. The largest absolute Gasteiger partial charge is 0.207 e. The Labute approximate surface area is 76.8 Å². The fourth-order valence-corrected chi connectivity index (χ4v) is 0.953. The monoisotopic (exact) mass is 170 g/mol. The summed E-state index contributed by atoms with van der Waals surface area (Å²) in [5, 5.41) is 17.0. The van der Waals surface area contributed by atoms with E-state index in [2.05, 4.69) is 0 Å². The Balaban J connectivity index is 3.06. The molecule has 0 bridgehead atoms. The molecule has 0 unspecified atom stereocenters. The lowest BCUT2D eigenvalue weighted by molar-refractivity contribution is -0.671. The minimum atomic E-state index is 0.117. The zero-order chi connectivity index (χ0) is 9.68. The van der Waals surface area contributed by atoms with Crippen LogP contribution in [0, 0.1) is 22.7 Å². The van der Waals surface area contributed by atoms with Gasteiger partial charge in [0.15, 0.2) is 12.4 Å². The second-order valence-corrected chi connectivity index (χ2v) is 2.58. The van der Waals surface area contributed by atoms with Crippen LogP contribution in [0.3, 0.4) is 0 Å². The van der Waals surface area contributed by atoms with E-state index >= 15 is 0 Å². The lowest BCUT2D eigenvalue weighted by Crippen LogP contribution is -2.26. The van der Waals surface area contributed by atoms with E-state index in [1.165, 1.54) is 0 Å². The van der Waals surface area contributed by atoms with Crippen LogP contribution in [-0.4, -0.2) is 0 Å². The average molecular weight is 170 g/mol. The minimum Gasteiger partial charge on any atom is -0.207 e. The van der Waals surface area contributed by atoms with Gasteiger partial charge in [0.25, 0.3) is 0 Å². The maximum Gasteiger partial charge on any atom is 0.175 e. The van der Waals surface area contributed by atoms with Gasteiger partial charge in [-0.2, -0.15) is 10.5 Å². The number of hydrogen-bond acceptors (Lipinski definition) is 2. The fourth-order valence-electron chi connectivity index (χ4n) is 0.953. The van der Waals surface area contributed by atoms with Crippen molar-refractivity contribution in [2.45, 2.75) is 0 Å². The van der Waals surface area contributed by atoms with E-state index in [4.69, 9.17) is 10.5 Å². The molecule has 13 heavy (non-hydrogen) atoms. The van der Waals surface area contributed by atoms with Gasteiger partial charge in [-0.1, -0.05) is 0 Å². The first-order chi connectivity index (χ1) is 6.26. The number of nitrogens with zero attached hydrogens (tertiary/aromatic N) is 3. The van der Waals surface area contributed by atoms with Gasteiger partial charge in [0.05, 0.1) is 0 Å². The summed E-state index contributed by atoms with van der Waals surface area (Å²) >= 11 is 0. The second kappa shape index (κ2) is 4.04. The van der Waals surface area contributed by atoms with Crippen LogP contribution in [0.15, 0.2) is 30.1 Å². The van der Waals surface area contributed by atoms with Crippen LogP contribution in [0.5, 0.6) is 0 Å². The molecule has 0 amide bonds. The van der Waals surface area contributed by atoms with Gasteiger partial charge in [-0.15, -0.1) is 0 Å². The van der Waals surface area contributed by atoms with Crippen LogP contribution in [0.2, 0.25) is 0 Å². The molecule has 62 valence electrons. The Bertz CT molecular complexity index is 403. The van der Waals surface area contributed by atoms with Crippen molar-refractivity contribution in [2.24, 2.45) is 7.05 Å². The smallest absolute Gasteiger partial charge is 0.175 e. The van der Waals surface area contributed by atoms with Crippen LogP contribution in [0.25, 0.3) is 6.08 Å². The molecule has 1 rings (SSSR count). The first-order valence-corrected chi connectivity index (χ1v) is 3.73. The molecule has 3 nitrogen and oxygen atoms in total. The van der Waals surface area contributed by atoms with Crippen LogP contribution < -0.4 is 4.57 Å². The third-order valence-corrected chi connectivity index (χ3v) is 1.51. The number of allylic oxidation sites excluding steroid dienone is 1. The number of rotatable bonds is 1. The molecule has 0 aromatic carbocycles. The Morgan fingerprint density at radius 2 is 2.15 bits per heavy atom. The fraction of sp³-hybridized carbons (Fsp3) is 0.100. The summed E-state index contributed by atoms with van der Waals surface area (Å²) in [5.41, 5.74) is 0.967. The highest BCUT2D eigenvalue weighted by atomic mass is 14.9. The van der Waals surface area contributed by atoms with Crippen molar-refractivity contribution in [1.29, 1.82) is 10.5 Å². The molecule has 0 fully saturated rings. The summed E-state index contributed by atoms with van der Waals surface area (Å²) in [6.45, 7) is 0. The summed E-state index contributed by atoms with van der Waals surface area (Å²) in [5.74, 6) is 0. The summed E-state index contributed by atoms with van der Waals surface area (Å²) < 4.78 is 1.86. The normalized spacial score (nSPS) is 8.23. The Morgan fingerprint density at radius 1 is 1.46 bits per heavy atom. The molecule has 1 heterocycles. The van der Waals surface area contributed by atoms with Crippen molar-refractivity contribution in [3.63, 3.8) is 0 Å². The summed E-state index contributed by atoms with van der Waals surface area (Å²) in [4.78, 5) is 0. The number of nitriles is 2. The zero-order valence-corrected chi connectivity index (χ0v) is 7.23. The second-order valence-electron chi connectivity index (χ2n) is 2.58. The molecule has 0 aliphatic rings. The highest BCUT2D eigenvalue weighted by Gasteiger charge is 1.97. The quantitative estimate of drug-likeness (QED) is 0.465. The third kappa shape index (κ3) is 2.43. The van der Waals surface area contributed by atoms with E-state index in [1.807, 2.05) is 48.3 Å². The Kier molecular flexibility index (Phi) is 2.78. The molecule has 0 aliphatic carbocycles. The lowest BCUT2D eigenvalue weighted by atomic mass is 10.2. The lowest BCUT2D eigenvalue weighted by Gasteiger charge is -1.89. The summed E-state index contributed by atoms with van der Waals surface area (Å²) in [7, 11) is 1.88. The van der Waals surface area contributed by atoms with E-state index in [9.17, 15) is 0 Å². The standard InChI is InChI=1S/C10H8N3/c1-13-4-2-3-9(8-13)5-10(6-11)7-12/h2-5,8H,1H3/q+1. The van der Waals surface area contributed by atoms with E-state index in [0.717, 1.165) is 5.56 Å². The molecule has 0 saturated carbocycles. The SMILES string of the molecule is C[n+]1cccc(C=C(C#N)C#N)c1. The topological polar surface area (TPSA) is 51.5 Å². The van der Waals surface area contributed by atoms with E-state index < -0.39 is 0 Å². The van der Waals surface area contributed by atoms with Crippen molar-refractivity contribution in [1.82, 2.24) is 0 Å². The van der Waals surface area contributed by atoms with Gasteiger partial charge in [0, 0.05) is 11.6 Å². The average Bonchev–Trinajstić information content (AvgIpc) is 2.14. The van der Waals surface area contributed by atoms with Crippen LogP contribution in [0.1, 0.15) is 5.56 Å². The Morgan fingerprint density at radius 3 is 2.69 bits per heavy atom. The van der Waals surface area contributed by atoms with Gasteiger partial charge in [0.1, 0.15) is 24.8 Å². The zero-order valence-electron chi connectivity index (χ0n) is 7.23. The Hall–Kier alpha value is -2.13. The molecular formula is C10H8N3+. The third-order valence-electron chi connectivity index (χ3n) is 1.51. The number of aromatic nitrogens is 1. The van der Waals surface area contributed by atoms with Crippen molar-refractivity contribution in [3.05, 3.63) is 35.7 Å². The minimum absolute atomic E-state index is 0.117. The number of hydrogen-bond donors (Lipinski definition) is 0. The predicted octanol–water partition coefficient (Wildman–Crippen LogP) is 0.942. The molecule has 1 aromatic heterocycles. The van der Waals surface area contributed by atoms with Gasteiger partial charge < -0.3 is 0 Å². The molecule has 0 N–H and O–H groups in total. The maximum absolute atomic E-state index is 8.51. The predicted molar refractivity (Wildman–Crippen MR) is 46.8 cm³/mol. The van der Waals surface area contributed by atoms with Gasteiger partial charge in [-0.05, 0) is 12.1 Å². The van der Waals surface area contributed by atoms with Crippen LogP contribution in [0.4, 0.5) is 0 Å². The van der Waals surface area contributed by atoms with E-state index in [0.29, 0.717) is 0 Å². The molecule has 0 radical (unpaired) electrons. The first-order valence-electron chi connectivity index (χ1n) is 3.73. The molecule has 0 aliphatic heterocycles. The molecule has 0 saturated heterocycles. The molecule has 0 spiro atoms. The highest BCUT2D eigenvalue weighted by molar-refractivity contribution is 5.60. The van der Waals surface area contributed by atoms with E-state index in [-0.39, 0.29) is 5.57 Å². The van der Waals surface area contributed by atoms with Gasteiger partial charge in [-0.25, -0.2) is 4.57 Å². The molecule has 0 atom stereocenters. The highest BCUT2D eigenvalue weighted by Crippen LogP contribution is 2.02. The van der Waals surface area contributed by atoms with Crippen molar-refractivity contribution in [2.75, 3.05) is 0 Å². The summed E-state index contributed by atoms with van der Waals surface area (Å²) in [6.07, 6.45) is 5.28. The van der Waals surface area contributed by atoms with Gasteiger partial charge >= 0.3 is 0 Å². The van der Waals surface area contributed by atoms with Crippen molar-refractivity contribution < 1.29 is 4.57 Å². The van der Waals surface area contributed by atoms with Gasteiger partial charge in [-0.3, -0.25) is 0 Å². The maximum atomic E-state index is 8.51. The molecule has 3 heteroatoms. The van der Waals surface area contributed by atoms with E-state index in [1.54, 1.807) is 6.08 Å². The van der Waals surface area contributed by atoms with Gasteiger partial charge in [0.2, 0.25) is 0 Å². The van der Waals surface area contributed by atoms with Crippen molar-refractivity contribution >= 4 is 6.08 Å². The first kappa shape index (κ1) is 8.96. The summed E-state index contributed by atoms with van der Waals surface area (Å²) in [6, 6.07) is 7.32. The van der Waals surface area contributed by atoms with Crippen molar-refractivity contribution in [3.8, 4) is 12.1 Å². The number of aryl methyl sites for hydroxylation is 1. The number of pyridine rings is 1.